The van der Waals surface area contributed by atoms with Gasteiger partial charge in [-0.05, 0) is 167 Å². The summed E-state index contributed by atoms with van der Waals surface area (Å²) < 4.78 is 2.38. The minimum atomic E-state index is -0.0718. The standard InChI is InChI=1S/C69H48N2/c1-69(2)65-23-13-11-21-58(65)63-43-61-56-20-10-9-19-55(56)60-41-50(33-39-57(60)62(61)44-66(63)69)49-31-36-53(37-32-49)70(52-34-29-48(30-35-52)47-27-25-46(26-28-47)45-15-5-3-6-16-45)54-38-40-68-64(42-54)59-22-12-14-24-67(59)71(68)51-17-7-4-8-18-51/h3-44H,1-2H3. The van der Waals surface area contributed by atoms with Crippen molar-refractivity contribution in [3.05, 3.63) is 266 Å². The highest BCUT2D eigenvalue weighted by atomic mass is 15.1. The normalized spacial score (nSPS) is 12.8. The van der Waals surface area contributed by atoms with Crippen molar-refractivity contribution in [3.8, 4) is 50.2 Å². The van der Waals surface area contributed by atoms with Crippen LogP contribution in [0.25, 0.3) is 104 Å². The van der Waals surface area contributed by atoms with E-state index in [4.69, 9.17) is 0 Å². The van der Waals surface area contributed by atoms with Gasteiger partial charge in [0, 0.05) is 38.9 Å². The Morgan fingerprint density at radius 2 is 0.746 bits per heavy atom. The molecule has 0 saturated carbocycles. The molecule has 14 rings (SSSR count). The lowest BCUT2D eigenvalue weighted by atomic mass is 9.81. The summed E-state index contributed by atoms with van der Waals surface area (Å²) in [6.07, 6.45) is 0. The second-order valence-electron chi connectivity index (χ2n) is 19.7. The minimum Gasteiger partial charge on any atom is -0.310 e. The Hall–Kier alpha value is -8.98. The number of benzene rings is 12. The number of nitrogens with zero attached hydrogens (tertiary/aromatic N) is 2. The van der Waals surface area contributed by atoms with Crippen molar-refractivity contribution in [2.45, 2.75) is 19.3 Å². The molecule has 0 fully saturated rings. The van der Waals surface area contributed by atoms with Crippen molar-refractivity contribution in [1.82, 2.24) is 4.57 Å². The molecule has 12 aromatic carbocycles. The van der Waals surface area contributed by atoms with Gasteiger partial charge in [0.1, 0.15) is 0 Å². The van der Waals surface area contributed by atoms with E-state index in [1.54, 1.807) is 0 Å². The molecule has 334 valence electrons. The van der Waals surface area contributed by atoms with Crippen LogP contribution in [-0.4, -0.2) is 4.57 Å². The summed E-state index contributed by atoms with van der Waals surface area (Å²) in [6, 6.07) is 94.0. The van der Waals surface area contributed by atoms with E-state index >= 15 is 0 Å². The van der Waals surface area contributed by atoms with Crippen LogP contribution in [0.5, 0.6) is 0 Å². The monoisotopic (exact) mass is 904 g/mol. The first-order valence-electron chi connectivity index (χ1n) is 24.7. The summed E-state index contributed by atoms with van der Waals surface area (Å²) >= 11 is 0. The van der Waals surface area contributed by atoms with Crippen molar-refractivity contribution in [2.24, 2.45) is 0 Å². The van der Waals surface area contributed by atoms with Gasteiger partial charge < -0.3 is 9.47 Å². The fraction of sp³-hybridized carbons (Fsp3) is 0.0435. The molecule has 1 aromatic heterocycles. The van der Waals surface area contributed by atoms with Crippen LogP contribution in [0.2, 0.25) is 0 Å². The van der Waals surface area contributed by atoms with Gasteiger partial charge in [0.25, 0.3) is 0 Å². The lowest BCUT2D eigenvalue weighted by Gasteiger charge is -2.26. The van der Waals surface area contributed by atoms with Gasteiger partial charge in [0.15, 0.2) is 0 Å². The molecule has 0 saturated heterocycles. The number of aromatic nitrogens is 1. The Bertz CT molecular complexity index is 4200. The summed E-state index contributed by atoms with van der Waals surface area (Å²) in [4.78, 5) is 2.40. The molecular formula is C69H48N2. The summed E-state index contributed by atoms with van der Waals surface area (Å²) in [5.74, 6) is 0. The number of para-hydroxylation sites is 2. The van der Waals surface area contributed by atoms with Crippen molar-refractivity contribution < 1.29 is 0 Å². The van der Waals surface area contributed by atoms with Gasteiger partial charge in [-0.15, -0.1) is 0 Å². The van der Waals surface area contributed by atoms with Gasteiger partial charge in [-0.25, -0.2) is 0 Å². The van der Waals surface area contributed by atoms with Crippen LogP contribution in [0.1, 0.15) is 25.0 Å². The third-order valence-corrected chi connectivity index (χ3v) is 15.4. The molecule has 0 amide bonds. The minimum absolute atomic E-state index is 0.0718. The van der Waals surface area contributed by atoms with Crippen LogP contribution in [0.15, 0.2) is 255 Å². The smallest absolute Gasteiger partial charge is 0.0542 e. The highest BCUT2D eigenvalue weighted by Gasteiger charge is 2.35. The number of hydrogen-bond acceptors (Lipinski definition) is 1. The number of fused-ring (bicyclic) bond motifs is 12. The average molecular weight is 905 g/mol. The summed E-state index contributed by atoms with van der Waals surface area (Å²) in [7, 11) is 0. The molecule has 0 aliphatic heterocycles. The van der Waals surface area contributed by atoms with E-state index in [1.165, 1.54) is 110 Å². The lowest BCUT2D eigenvalue weighted by molar-refractivity contribution is 0.661. The lowest BCUT2D eigenvalue weighted by Crippen LogP contribution is -2.14. The molecule has 0 unspecified atom stereocenters. The predicted octanol–water partition coefficient (Wildman–Crippen LogP) is 19.0. The van der Waals surface area contributed by atoms with Crippen molar-refractivity contribution >= 4 is 71.2 Å². The van der Waals surface area contributed by atoms with E-state index in [9.17, 15) is 0 Å². The number of anilines is 3. The first-order chi connectivity index (χ1) is 35.0. The molecule has 0 N–H and O–H groups in total. The quantitative estimate of drug-likeness (QED) is 0.145. The maximum Gasteiger partial charge on any atom is 0.0542 e. The maximum absolute atomic E-state index is 2.49. The van der Waals surface area contributed by atoms with Crippen LogP contribution >= 0.6 is 0 Å². The van der Waals surface area contributed by atoms with Crippen LogP contribution in [0, 0.1) is 0 Å². The third-order valence-electron chi connectivity index (χ3n) is 15.4. The zero-order valence-electron chi connectivity index (χ0n) is 39.6. The third kappa shape index (κ3) is 6.56. The zero-order valence-corrected chi connectivity index (χ0v) is 39.6. The highest BCUT2D eigenvalue weighted by Crippen LogP contribution is 2.52. The van der Waals surface area contributed by atoms with Gasteiger partial charge in [-0.2, -0.15) is 0 Å². The Labute approximate surface area is 414 Å². The topological polar surface area (TPSA) is 8.17 Å². The summed E-state index contributed by atoms with van der Waals surface area (Å²) in [5.41, 5.74) is 19.5. The Morgan fingerprint density at radius 3 is 1.42 bits per heavy atom. The fourth-order valence-corrected chi connectivity index (χ4v) is 11.8. The van der Waals surface area contributed by atoms with Crippen molar-refractivity contribution in [1.29, 1.82) is 0 Å². The molecule has 1 aliphatic carbocycles. The molecule has 0 radical (unpaired) electrons. The van der Waals surface area contributed by atoms with E-state index in [0.29, 0.717) is 0 Å². The molecule has 2 nitrogen and oxygen atoms in total. The zero-order chi connectivity index (χ0) is 47.2. The second-order valence-corrected chi connectivity index (χ2v) is 19.7. The van der Waals surface area contributed by atoms with Crippen molar-refractivity contribution in [2.75, 3.05) is 4.90 Å². The van der Waals surface area contributed by atoms with E-state index in [2.05, 4.69) is 278 Å². The van der Waals surface area contributed by atoms with Gasteiger partial charge >= 0.3 is 0 Å². The Morgan fingerprint density at radius 1 is 0.282 bits per heavy atom. The maximum atomic E-state index is 2.49. The van der Waals surface area contributed by atoms with Gasteiger partial charge in [0.05, 0.1) is 11.0 Å². The molecule has 1 heterocycles. The molecule has 2 heteroatoms. The Kier molecular flexibility index (Phi) is 9.28. The van der Waals surface area contributed by atoms with Crippen LogP contribution in [-0.2, 0) is 5.41 Å². The van der Waals surface area contributed by atoms with E-state index in [0.717, 1.165) is 22.7 Å². The molecule has 0 bridgehead atoms. The summed E-state index contributed by atoms with van der Waals surface area (Å²) in [5, 5.41) is 10.2. The SMILES string of the molecule is CC1(C)c2ccccc2-c2cc3c4ccccc4c4cc(-c5ccc(N(c6ccc(-c7ccc(-c8ccccc8)cc7)cc6)c6ccc7c(c6)c6ccccc6n7-c6ccccc6)cc5)ccc4c3cc21. The van der Waals surface area contributed by atoms with Crippen molar-refractivity contribution in [3.63, 3.8) is 0 Å². The molecule has 71 heavy (non-hydrogen) atoms. The molecule has 1 aliphatic rings. The predicted molar refractivity (Wildman–Crippen MR) is 302 cm³/mol. The van der Waals surface area contributed by atoms with E-state index in [1.807, 2.05) is 0 Å². The van der Waals surface area contributed by atoms with Crippen LogP contribution in [0.3, 0.4) is 0 Å². The van der Waals surface area contributed by atoms with Crippen LogP contribution < -0.4 is 4.90 Å². The van der Waals surface area contributed by atoms with E-state index in [-0.39, 0.29) is 5.41 Å². The van der Waals surface area contributed by atoms with Gasteiger partial charge in [-0.1, -0.05) is 190 Å². The fourth-order valence-electron chi connectivity index (χ4n) is 11.8. The average Bonchev–Trinajstić information content (AvgIpc) is 3.88. The second kappa shape index (κ2) is 16.1. The van der Waals surface area contributed by atoms with Crippen LogP contribution in [0.4, 0.5) is 17.1 Å². The molecule has 13 aromatic rings. The highest BCUT2D eigenvalue weighted by molar-refractivity contribution is 6.26. The summed E-state index contributed by atoms with van der Waals surface area (Å²) in [6.45, 7) is 4.75. The number of rotatable bonds is 7. The number of hydrogen-bond donors (Lipinski definition) is 0. The largest absolute Gasteiger partial charge is 0.310 e. The first kappa shape index (κ1) is 41.0. The van der Waals surface area contributed by atoms with Gasteiger partial charge in [0.2, 0.25) is 0 Å². The Balaban J connectivity index is 0.879. The van der Waals surface area contributed by atoms with E-state index < -0.39 is 0 Å². The molecular weight excluding hydrogens is 857 g/mol. The molecule has 0 spiro atoms. The first-order valence-corrected chi connectivity index (χ1v) is 24.7. The van der Waals surface area contributed by atoms with Gasteiger partial charge in [-0.3, -0.25) is 0 Å². The molecule has 0 atom stereocenters.